The number of hydrogen-bond donors (Lipinski definition) is 4. The molecule has 1 aromatic heterocycles. The van der Waals surface area contributed by atoms with Crippen LogP contribution in [0.15, 0.2) is 48.7 Å². The second kappa shape index (κ2) is 13.6. The Bertz CT molecular complexity index is 1300. The van der Waals surface area contributed by atoms with Crippen molar-refractivity contribution in [1.82, 2.24) is 20.6 Å². The number of nitrogens with zero attached hydrogens (tertiary/aromatic N) is 2. The Kier molecular flexibility index (Phi) is 9.75. The van der Waals surface area contributed by atoms with Gasteiger partial charge in [0, 0.05) is 33.8 Å². The summed E-state index contributed by atoms with van der Waals surface area (Å²) in [6.45, 7) is 2.01. The first-order chi connectivity index (χ1) is 19.5. The molecular weight excluding hydrogens is 547 g/mol. The van der Waals surface area contributed by atoms with Crippen LogP contribution < -0.4 is 21.7 Å². The van der Waals surface area contributed by atoms with Gasteiger partial charge in [-0.25, -0.2) is 9.97 Å². The number of carbonyl (C=O) groups is 1. The summed E-state index contributed by atoms with van der Waals surface area (Å²) in [6, 6.07) is 13.7. The molecule has 0 bridgehead atoms. The van der Waals surface area contributed by atoms with Gasteiger partial charge >= 0.3 is 5.97 Å². The molecule has 40 heavy (non-hydrogen) atoms. The van der Waals surface area contributed by atoms with Gasteiger partial charge in [0.15, 0.2) is 11.6 Å². The molecule has 0 radical (unpaired) electrons. The van der Waals surface area contributed by atoms with Crippen molar-refractivity contribution in [2.24, 2.45) is 0 Å². The van der Waals surface area contributed by atoms with Crippen molar-refractivity contribution in [2.45, 2.75) is 69.7 Å². The number of hydrogen-bond acceptors (Lipinski definition) is 8. The van der Waals surface area contributed by atoms with Crippen LogP contribution in [0.25, 0.3) is 11.3 Å². The van der Waals surface area contributed by atoms with Crippen LogP contribution in [-0.2, 0) is 22.5 Å². The maximum Gasteiger partial charge on any atom is 0.323 e. The number of carbonyl (C=O) groups excluding carboxylic acids is 1. The van der Waals surface area contributed by atoms with Crippen LogP contribution >= 0.6 is 23.2 Å². The first-order valence-corrected chi connectivity index (χ1v) is 14.8. The number of benzene rings is 2. The number of rotatable bonds is 10. The summed E-state index contributed by atoms with van der Waals surface area (Å²) in [5, 5.41) is 11.4. The van der Waals surface area contributed by atoms with Crippen LogP contribution in [0, 0.1) is 0 Å². The molecule has 0 amide bonds. The van der Waals surface area contributed by atoms with Gasteiger partial charge in [-0.05, 0) is 81.8 Å². The topological polar surface area (TPSA) is 114 Å². The van der Waals surface area contributed by atoms with Crippen LogP contribution in [0.2, 0.25) is 10.0 Å². The fourth-order valence-electron chi connectivity index (χ4n) is 5.38. The summed E-state index contributed by atoms with van der Waals surface area (Å²) in [6.07, 6.45) is 8.69. The lowest BCUT2D eigenvalue weighted by Crippen LogP contribution is -2.50. The van der Waals surface area contributed by atoms with E-state index in [9.17, 15) is 4.79 Å². The zero-order valence-electron chi connectivity index (χ0n) is 22.5. The van der Waals surface area contributed by atoms with E-state index in [4.69, 9.17) is 38.7 Å². The highest BCUT2D eigenvalue weighted by atomic mass is 35.5. The first kappa shape index (κ1) is 28.6. The molecule has 2 aliphatic rings. The molecule has 1 saturated carbocycles. The Morgan fingerprint density at radius 3 is 2.67 bits per heavy atom. The Morgan fingerprint density at radius 2 is 1.88 bits per heavy atom. The predicted molar refractivity (Wildman–Crippen MR) is 161 cm³/mol. The number of nitrogen functional groups attached to an aromatic ring is 1. The van der Waals surface area contributed by atoms with Gasteiger partial charge in [0.1, 0.15) is 12.1 Å². The molecule has 10 heteroatoms. The molecule has 2 heterocycles. The van der Waals surface area contributed by atoms with Crippen LogP contribution in [0.5, 0.6) is 0 Å². The molecule has 8 nitrogen and oxygen atoms in total. The molecule has 5 N–H and O–H groups in total. The highest BCUT2D eigenvalue weighted by molar-refractivity contribution is 6.36. The fraction of sp³-hybridized carbons (Fsp3) is 0.433. The number of nitrogens with two attached hydrogens (primary N) is 1. The van der Waals surface area contributed by atoms with Gasteiger partial charge < -0.3 is 26.4 Å². The molecule has 5 rings (SSSR count). The van der Waals surface area contributed by atoms with Gasteiger partial charge in [-0.1, -0.05) is 47.5 Å². The van der Waals surface area contributed by atoms with Gasteiger partial charge in [0.2, 0.25) is 0 Å². The molecule has 1 unspecified atom stereocenters. The number of piperidine rings is 1. The number of anilines is 2. The minimum Gasteiger partial charge on any atom is -0.461 e. The van der Waals surface area contributed by atoms with Gasteiger partial charge in [-0.15, -0.1) is 0 Å². The van der Waals surface area contributed by atoms with Crippen LogP contribution in [-0.4, -0.2) is 47.2 Å². The molecule has 0 spiro atoms. The van der Waals surface area contributed by atoms with Gasteiger partial charge in [-0.2, -0.15) is 0 Å². The number of halogens is 2. The Balaban J connectivity index is 1.15. The first-order valence-electron chi connectivity index (χ1n) is 14.0. The summed E-state index contributed by atoms with van der Waals surface area (Å²) in [5.74, 6) is 0.687. The molecule has 3 aromatic rings. The highest BCUT2D eigenvalue weighted by Crippen LogP contribution is 2.27. The fourth-order valence-corrected chi connectivity index (χ4v) is 5.91. The van der Waals surface area contributed by atoms with E-state index in [1.807, 2.05) is 18.2 Å². The summed E-state index contributed by atoms with van der Waals surface area (Å²) >= 11 is 12.6. The minimum atomic E-state index is -0.226. The smallest absolute Gasteiger partial charge is 0.323 e. The normalized spacial score (nSPS) is 19.4. The monoisotopic (exact) mass is 582 g/mol. The number of ether oxygens (including phenoxy) is 1. The maximum absolute atomic E-state index is 12.6. The maximum atomic E-state index is 12.6. The molecule has 1 aliphatic heterocycles. The van der Waals surface area contributed by atoms with E-state index in [1.165, 1.54) is 5.56 Å². The average Bonchev–Trinajstić information content (AvgIpc) is 3.47. The zero-order chi connectivity index (χ0) is 27.9. The van der Waals surface area contributed by atoms with Crippen LogP contribution in [0.4, 0.5) is 11.6 Å². The van der Waals surface area contributed by atoms with E-state index >= 15 is 0 Å². The Labute approximate surface area is 245 Å². The lowest BCUT2D eigenvalue weighted by atomic mass is 9.99. The third-order valence-corrected chi connectivity index (χ3v) is 8.35. The van der Waals surface area contributed by atoms with Gasteiger partial charge in [0.05, 0.1) is 11.9 Å². The molecule has 2 atom stereocenters. The third kappa shape index (κ3) is 7.43. The van der Waals surface area contributed by atoms with Crippen molar-refractivity contribution in [3.63, 3.8) is 0 Å². The van der Waals surface area contributed by atoms with Crippen molar-refractivity contribution in [3.8, 4) is 11.3 Å². The summed E-state index contributed by atoms with van der Waals surface area (Å²) < 4.78 is 5.73. The standard InChI is InChI=1S/C30H36Cl2N6O2/c31-24-9-4-10-25(32)23(24)17-37-29-28(33)36-18-27(38-29)20-6-3-5-19(15-20)11-13-34-21-12-14-35-26(16-21)30(39)40-22-7-1-2-8-22/h3-6,9-10,15,18,21-22,26,34-35H,1-2,7-8,11-14,16-17H2,(H2,33,36)(H,37,38)/t21?,26-/m0/s1. The zero-order valence-corrected chi connectivity index (χ0v) is 24.0. The molecular formula is C30H36Cl2N6O2. The molecule has 2 fully saturated rings. The second-order valence-electron chi connectivity index (χ2n) is 10.5. The number of nitrogens with one attached hydrogen (secondary N) is 3. The lowest BCUT2D eigenvalue weighted by Gasteiger charge is -2.30. The Morgan fingerprint density at radius 1 is 1.10 bits per heavy atom. The van der Waals surface area contributed by atoms with Gasteiger partial charge in [0.25, 0.3) is 0 Å². The van der Waals surface area contributed by atoms with E-state index in [2.05, 4.69) is 33.1 Å². The quantitative estimate of drug-likeness (QED) is 0.235. The molecule has 2 aromatic carbocycles. The van der Waals surface area contributed by atoms with Crippen molar-refractivity contribution < 1.29 is 9.53 Å². The number of esters is 1. The van der Waals surface area contributed by atoms with E-state index < -0.39 is 0 Å². The largest absolute Gasteiger partial charge is 0.461 e. The predicted octanol–water partition coefficient (Wildman–Crippen LogP) is 5.38. The van der Waals surface area contributed by atoms with Crippen molar-refractivity contribution in [3.05, 3.63) is 69.8 Å². The molecule has 212 valence electrons. The van der Waals surface area contributed by atoms with Crippen molar-refractivity contribution in [1.29, 1.82) is 0 Å². The van der Waals surface area contributed by atoms with E-state index in [-0.39, 0.29) is 24.2 Å². The SMILES string of the molecule is Nc1ncc(-c2cccc(CCNC3CCN[C@H](C(=O)OC4CCCC4)C3)c2)nc1NCc1c(Cl)cccc1Cl. The summed E-state index contributed by atoms with van der Waals surface area (Å²) in [4.78, 5) is 21.7. The Hall–Kier alpha value is -2.91. The van der Waals surface area contributed by atoms with Crippen LogP contribution in [0.3, 0.4) is 0 Å². The second-order valence-corrected chi connectivity index (χ2v) is 11.3. The van der Waals surface area contributed by atoms with E-state index in [0.29, 0.717) is 28.2 Å². The van der Waals surface area contributed by atoms with Gasteiger partial charge in [-0.3, -0.25) is 4.79 Å². The summed E-state index contributed by atoms with van der Waals surface area (Å²) in [5.41, 5.74) is 9.74. The van der Waals surface area contributed by atoms with Crippen molar-refractivity contribution in [2.75, 3.05) is 24.1 Å². The molecule has 1 saturated heterocycles. The third-order valence-electron chi connectivity index (χ3n) is 7.64. The van der Waals surface area contributed by atoms with Crippen LogP contribution in [0.1, 0.15) is 49.7 Å². The minimum absolute atomic E-state index is 0.0977. The van der Waals surface area contributed by atoms with E-state index in [1.54, 1.807) is 18.3 Å². The summed E-state index contributed by atoms with van der Waals surface area (Å²) in [7, 11) is 0. The highest BCUT2D eigenvalue weighted by Gasteiger charge is 2.30. The van der Waals surface area contributed by atoms with E-state index in [0.717, 1.165) is 74.9 Å². The average molecular weight is 584 g/mol. The number of aromatic nitrogens is 2. The lowest BCUT2D eigenvalue weighted by molar-refractivity contribution is -0.152. The molecule has 1 aliphatic carbocycles. The van der Waals surface area contributed by atoms with Crippen molar-refractivity contribution >= 4 is 40.8 Å².